The zero-order chi connectivity index (χ0) is 11.5. The molecule has 0 fully saturated rings. The van der Waals surface area contributed by atoms with Crippen LogP contribution < -0.4 is 10.6 Å². The molecule has 0 aromatic carbocycles. The second kappa shape index (κ2) is 8.96. The van der Waals surface area contributed by atoms with Gasteiger partial charge in [-0.2, -0.15) is 0 Å². The Labute approximate surface area is 89.5 Å². The average molecular weight is 211 g/mol. The van der Waals surface area contributed by atoms with Crippen LogP contribution in [0, 0.1) is 0 Å². The van der Waals surface area contributed by atoms with E-state index in [9.17, 15) is 0 Å². The van der Waals surface area contributed by atoms with E-state index in [2.05, 4.69) is 15.6 Å². The van der Waals surface area contributed by atoms with Crippen molar-refractivity contribution >= 4 is 11.8 Å². The minimum atomic E-state index is -0.833. The van der Waals surface area contributed by atoms with Crippen LogP contribution in [0.4, 0.5) is 5.82 Å². The Kier molecular flexibility index (Phi) is 7.99. The van der Waals surface area contributed by atoms with Crippen LogP contribution in [-0.4, -0.2) is 36.2 Å². The Balaban J connectivity index is 0.000000423. The first-order valence-electron chi connectivity index (χ1n) is 4.66. The first-order valence-corrected chi connectivity index (χ1v) is 4.66. The topological polar surface area (TPSA) is 74.2 Å². The van der Waals surface area contributed by atoms with Gasteiger partial charge < -0.3 is 15.7 Å². The third-order valence-electron chi connectivity index (χ3n) is 1.35. The quantitative estimate of drug-likeness (QED) is 0.642. The zero-order valence-electron chi connectivity index (χ0n) is 9.03. The van der Waals surface area contributed by atoms with Crippen LogP contribution >= 0.6 is 0 Å². The summed E-state index contributed by atoms with van der Waals surface area (Å²) in [6.07, 6.45) is 1.78. The van der Waals surface area contributed by atoms with Crippen LogP contribution in [0.1, 0.15) is 6.92 Å². The van der Waals surface area contributed by atoms with E-state index in [1.54, 1.807) is 6.20 Å². The number of carboxylic acids is 1. The standard InChI is InChI=1S/C8H13N3.C2H4O2/c1-9-6-7-11-8-4-2-3-5-10-8;1-2(3)4/h2-5,9H,6-7H2,1H3,(H,10,11);1H3,(H,3,4). The van der Waals surface area contributed by atoms with Crippen molar-refractivity contribution in [3.05, 3.63) is 24.4 Å². The minimum Gasteiger partial charge on any atom is -0.481 e. The Hall–Kier alpha value is -1.62. The van der Waals surface area contributed by atoms with Gasteiger partial charge in [-0.05, 0) is 19.2 Å². The summed E-state index contributed by atoms with van der Waals surface area (Å²) in [4.78, 5) is 13.1. The summed E-state index contributed by atoms with van der Waals surface area (Å²) in [5.74, 6) is 0.0998. The van der Waals surface area contributed by atoms with Crippen molar-refractivity contribution in [1.29, 1.82) is 0 Å². The number of likely N-dealkylation sites (N-methyl/N-ethyl adjacent to an activating group) is 1. The highest BCUT2D eigenvalue weighted by Crippen LogP contribution is 1.97. The SMILES string of the molecule is CC(=O)O.CNCCNc1ccccn1. The summed E-state index contributed by atoms with van der Waals surface area (Å²) < 4.78 is 0. The van der Waals surface area contributed by atoms with Crippen LogP contribution in [0.3, 0.4) is 0 Å². The number of anilines is 1. The van der Waals surface area contributed by atoms with E-state index in [0.717, 1.165) is 25.8 Å². The van der Waals surface area contributed by atoms with Gasteiger partial charge in [0.05, 0.1) is 0 Å². The van der Waals surface area contributed by atoms with Gasteiger partial charge in [0.2, 0.25) is 0 Å². The summed E-state index contributed by atoms with van der Waals surface area (Å²) >= 11 is 0. The number of nitrogens with one attached hydrogen (secondary N) is 2. The predicted molar refractivity (Wildman–Crippen MR) is 60.0 cm³/mol. The summed E-state index contributed by atoms with van der Waals surface area (Å²) in [7, 11) is 1.93. The molecule has 1 rings (SSSR count). The molecule has 0 saturated heterocycles. The maximum atomic E-state index is 9.00. The molecule has 0 spiro atoms. The smallest absolute Gasteiger partial charge is 0.300 e. The molecular formula is C10H17N3O2. The van der Waals surface area contributed by atoms with Gasteiger partial charge in [-0.25, -0.2) is 4.98 Å². The van der Waals surface area contributed by atoms with Crippen LogP contribution in [0.25, 0.3) is 0 Å². The van der Waals surface area contributed by atoms with E-state index >= 15 is 0 Å². The van der Waals surface area contributed by atoms with Gasteiger partial charge in [-0.3, -0.25) is 4.79 Å². The average Bonchev–Trinajstić information content (AvgIpc) is 2.19. The molecule has 1 aromatic heterocycles. The molecule has 0 bridgehead atoms. The van der Waals surface area contributed by atoms with Gasteiger partial charge in [0.25, 0.3) is 5.97 Å². The fourth-order valence-corrected chi connectivity index (χ4v) is 0.783. The number of hydrogen-bond acceptors (Lipinski definition) is 4. The minimum absolute atomic E-state index is 0.833. The summed E-state index contributed by atoms with van der Waals surface area (Å²) in [5, 5.41) is 13.6. The van der Waals surface area contributed by atoms with Crippen molar-refractivity contribution in [3.8, 4) is 0 Å². The Morgan fingerprint density at radius 2 is 2.13 bits per heavy atom. The molecule has 1 aromatic rings. The van der Waals surface area contributed by atoms with Gasteiger partial charge in [0.15, 0.2) is 0 Å². The van der Waals surface area contributed by atoms with Crippen LogP contribution in [0.2, 0.25) is 0 Å². The van der Waals surface area contributed by atoms with Gasteiger partial charge in [-0.15, -0.1) is 0 Å². The summed E-state index contributed by atoms with van der Waals surface area (Å²) in [6, 6.07) is 5.83. The van der Waals surface area contributed by atoms with Crippen molar-refractivity contribution in [1.82, 2.24) is 10.3 Å². The van der Waals surface area contributed by atoms with Crippen molar-refractivity contribution in [2.45, 2.75) is 6.92 Å². The van der Waals surface area contributed by atoms with E-state index in [0.29, 0.717) is 0 Å². The molecule has 0 amide bonds. The highest BCUT2D eigenvalue weighted by atomic mass is 16.4. The van der Waals surface area contributed by atoms with Crippen molar-refractivity contribution in [3.63, 3.8) is 0 Å². The molecule has 3 N–H and O–H groups in total. The van der Waals surface area contributed by atoms with E-state index in [-0.39, 0.29) is 0 Å². The van der Waals surface area contributed by atoms with E-state index < -0.39 is 5.97 Å². The van der Waals surface area contributed by atoms with Gasteiger partial charge in [0, 0.05) is 26.2 Å². The lowest BCUT2D eigenvalue weighted by Gasteiger charge is -2.02. The molecule has 84 valence electrons. The number of aromatic nitrogens is 1. The summed E-state index contributed by atoms with van der Waals surface area (Å²) in [5.41, 5.74) is 0. The normalized spacial score (nSPS) is 8.67. The number of aliphatic carboxylic acids is 1. The number of nitrogens with zero attached hydrogens (tertiary/aromatic N) is 1. The lowest BCUT2D eigenvalue weighted by atomic mass is 10.4. The molecule has 0 aliphatic carbocycles. The molecule has 15 heavy (non-hydrogen) atoms. The lowest BCUT2D eigenvalue weighted by molar-refractivity contribution is -0.134. The highest BCUT2D eigenvalue weighted by Gasteiger charge is 1.87. The fraction of sp³-hybridized carbons (Fsp3) is 0.400. The van der Waals surface area contributed by atoms with E-state index in [1.807, 2.05) is 25.2 Å². The highest BCUT2D eigenvalue weighted by molar-refractivity contribution is 5.62. The van der Waals surface area contributed by atoms with Crippen LogP contribution in [0.15, 0.2) is 24.4 Å². The third kappa shape index (κ3) is 10.3. The molecule has 5 heteroatoms. The third-order valence-corrected chi connectivity index (χ3v) is 1.35. The fourth-order valence-electron chi connectivity index (χ4n) is 0.783. The molecule has 0 atom stereocenters. The van der Waals surface area contributed by atoms with Gasteiger partial charge in [-0.1, -0.05) is 6.07 Å². The molecule has 0 unspecified atom stereocenters. The largest absolute Gasteiger partial charge is 0.481 e. The molecular weight excluding hydrogens is 194 g/mol. The molecule has 1 heterocycles. The maximum absolute atomic E-state index is 9.00. The second-order valence-corrected chi connectivity index (χ2v) is 2.76. The molecule has 0 aliphatic heterocycles. The van der Waals surface area contributed by atoms with Crippen LogP contribution in [0.5, 0.6) is 0 Å². The van der Waals surface area contributed by atoms with Crippen molar-refractivity contribution < 1.29 is 9.90 Å². The Morgan fingerprint density at radius 3 is 2.60 bits per heavy atom. The van der Waals surface area contributed by atoms with Crippen LogP contribution in [-0.2, 0) is 4.79 Å². The van der Waals surface area contributed by atoms with Gasteiger partial charge >= 0.3 is 0 Å². The zero-order valence-corrected chi connectivity index (χ0v) is 9.03. The summed E-state index contributed by atoms with van der Waals surface area (Å²) in [6.45, 7) is 2.95. The number of carbonyl (C=O) groups is 1. The number of rotatable bonds is 4. The Bertz CT molecular complexity index is 261. The number of pyridine rings is 1. The first kappa shape index (κ1) is 13.4. The van der Waals surface area contributed by atoms with E-state index in [4.69, 9.17) is 9.90 Å². The van der Waals surface area contributed by atoms with Crippen molar-refractivity contribution in [2.24, 2.45) is 0 Å². The monoisotopic (exact) mass is 211 g/mol. The first-order chi connectivity index (χ1) is 7.16. The molecule has 0 radical (unpaired) electrons. The molecule has 0 aliphatic rings. The lowest BCUT2D eigenvalue weighted by Crippen LogP contribution is -2.17. The molecule has 0 saturated carbocycles. The van der Waals surface area contributed by atoms with E-state index in [1.165, 1.54) is 0 Å². The van der Waals surface area contributed by atoms with Gasteiger partial charge in [0.1, 0.15) is 5.82 Å². The number of hydrogen-bond donors (Lipinski definition) is 3. The second-order valence-electron chi connectivity index (χ2n) is 2.76. The van der Waals surface area contributed by atoms with Crippen molar-refractivity contribution in [2.75, 3.05) is 25.5 Å². The predicted octanol–water partition coefficient (Wildman–Crippen LogP) is 0.804. The number of carboxylic acid groups (broad SMARTS) is 1. The Morgan fingerprint density at radius 1 is 1.47 bits per heavy atom. The molecule has 5 nitrogen and oxygen atoms in total. The maximum Gasteiger partial charge on any atom is 0.300 e.